The van der Waals surface area contributed by atoms with E-state index in [9.17, 15) is 14.9 Å². The molecule has 0 fully saturated rings. The van der Waals surface area contributed by atoms with Crippen LogP contribution < -0.4 is 5.32 Å². The molecule has 142 valence electrons. The molecule has 0 aliphatic carbocycles. The molecule has 4 rings (SSSR count). The van der Waals surface area contributed by atoms with Gasteiger partial charge < -0.3 is 5.32 Å². The Hall–Kier alpha value is -2.55. The summed E-state index contributed by atoms with van der Waals surface area (Å²) in [6.45, 7) is 0. The topological polar surface area (TPSA) is 90.1 Å². The number of benzene rings is 2. The van der Waals surface area contributed by atoms with Crippen molar-refractivity contribution >= 4 is 52.4 Å². The lowest BCUT2D eigenvalue weighted by molar-refractivity contribution is -0.384. The molecule has 1 aliphatic heterocycles. The number of hydrogen-bond acceptors (Lipinski definition) is 5. The van der Waals surface area contributed by atoms with Crippen molar-refractivity contribution in [1.29, 1.82) is 0 Å². The number of thioether (sulfide) groups is 1. The van der Waals surface area contributed by atoms with Gasteiger partial charge in [-0.3, -0.25) is 14.9 Å². The Morgan fingerprint density at radius 1 is 1.18 bits per heavy atom. The maximum absolute atomic E-state index is 12.8. The molecule has 10 heteroatoms. The summed E-state index contributed by atoms with van der Waals surface area (Å²) in [5.41, 5.74) is 2.64. The highest BCUT2D eigenvalue weighted by molar-refractivity contribution is 7.98. The van der Waals surface area contributed by atoms with Gasteiger partial charge in [-0.05, 0) is 30.3 Å². The van der Waals surface area contributed by atoms with Crippen LogP contribution in [-0.2, 0) is 11.5 Å². The number of nitro groups is 1. The number of nitrogens with one attached hydrogen (secondary N) is 1. The van der Waals surface area contributed by atoms with Gasteiger partial charge in [0, 0.05) is 34.2 Å². The maximum Gasteiger partial charge on any atom is 0.269 e. The van der Waals surface area contributed by atoms with Crippen LogP contribution in [0.3, 0.4) is 0 Å². The molecule has 0 radical (unpaired) electrons. The fourth-order valence-corrected chi connectivity index (χ4v) is 4.30. The average Bonchev–Trinajstić information content (AvgIpc) is 3.26. The molecule has 28 heavy (non-hydrogen) atoms. The first-order chi connectivity index (χ1) is 13.4. The molecule has 1 N–H and O–H groups in total. The van der Waals surface area contributed by atoms with Gasteiger partial charge >= 0.3 is 0 Å². The second kappa shape index (κ2) is 7.46. The zero-order valence-corrected chi connectivity index (χ0v) is 16.5. The van der Waals surface area contributed by atoms with Crippen molar-refractivity contribution in [3.63, 3.8) is 0 Å². The van der Waals surface area contributed by atoms with E-state index in [2.05, 4.69) is 10.4 Å². The number of nitrogens with zero attached hydrogens (tertiary/aromatic N) is 3. The van der Waals surface area contributed by atoms with Crippen molar-refractivity contribution in [2.24, 2.45) is 0 Å². The van der Waals surface area contributed by atoms with Crippen molar-refractivity contribution in [1.82, 2.24) is 9.78 Å². The molecule has 7 nitrogen and oxygen atoms in total. The van der Waals surface area contributed by atoms with Crippen molar-refractivity contribution in [3.8, 4) is 5.69 Å². The Labute approximate surface area is 173 Å². The average molecular weight is 435 g/mol. The number of rotatable bonds is 4. The molecule has 0 spiro atoms. The minimum Gasteiger partial charge on any atom is -0.306 e. The molecular formula is C18H12Cl2N4O3S. The fourth-order valence-electron chi connectivity index (χ4n) is 2.89. The summed E-state index contributed by atoms with van der Waals surface area (Å²) in [5, 5.41) is 19.0. The molecule has 1 amide bonds. The van der Waals surface area contributed by atoms with Gasteiger partial charge in [0.1, 0.15) is 5.82 Å². The van der Waals surface area contributed by atoms with Gasteiger partial charge in [0.25, 0.3) is 11.6 Å². The summed E-state index contributed by atoms with van der Waals surface area (Å²) in [5.74, 6) is 1.56. The summed E-state index contributed by atoms with van der Waals surface area (Å²) in [4.78, 5) is 23.2. The van der Waals surface area contributed by atoms with Crippen molar-refractivity contribution in [3.05, 3.63) is 79.4 Å². The zero-order chi connectivity index (χ0) is 19.8. The lowest BCUT2D eigenvalue weighted by Gasteiger charge is -2.12. The van der Waals surface area contributed by atoms with E-state index in [1.807, 2.05) is 0 Å². The third-order valence-corrected chi connectivity index (χ3v) is 5.80. The quantitative estimate of drug-likeness (QED) is 0.456. The Morgan fingerprint density at radius 3 is 2.64 bits per heavy atom. The van der Waals surface area contributed by atoms with Gasteiger partial charge in [0.2, 0.25) is 0 Å². The highest BCUT2D eigenvalue weighted by Crippen LogP contribution is 2.36. The van der Waals surface area contributed by atoms with Crippen molar-refractivity contribution < 1.29 is 9.72 Å². The molecule has 3 aromatic rings. The normalized spacial score (nSPS) is 12.6. The lowest BCUT2D eigenvalue weighted by Crippen LogP contribution is -2.16. The number of halogens is 2. The number of nitro benzene ring substituents is 1. The van der Waals surface area contributed by atoms with Crippen LogP contribution in [0.15, 0.2) is 42.5 Å². The molecule has 0 unspecified atom stereocenters. The first-order valence-corrected chi connectivity index (χ1v) is 10.0. The van der Waals surface area contributed by atoms with E-state index in [4.69, 9.17) is 23.2 Å². The van der Waals surface area contributed by atoms with Crippen molar-refractivity contribution in [2.75, 3.05) is 5.32 Å². The van der Waals surface area contributed by atoms with E-state index in [0.29, 0.717) is 22.3 Å². The van der Waals surface area contributed by atoms with Gasteiger partial charge in [0.05, 0.1) is 26.9 Å². The number of aromatic nitrogens is 2. The standard InChI is InChI=1S/C18H12Cl2N4O3S/c19-10-1-6-15(20)13(7-10)18(25)21-17-14-8-28-9-16(14)22-23(17)11-2-4-12(5-3-11)24(26)27/h1-7H,8-9H2,(H,21,25). The smallest absolute Gasteiger partial charge is 0.269 e. The molecule has 2 heterocycles. The van der Waals surface area contributed by atoms with Gasteiger partial charge in [0.15, 0.2) is 0 Å². The number of fused-ring (bicyclic) bond motifs is 1. The number of carbonyl (C=O) groups is 1. The van der Waals surface area contributed by atoms with Crippen LogP contribution in [0.1, 0.15) is 21.6 Å². The highest BCUT2D eigenvalue weighted by Gasteiger charge is 2.25. The van der Waals surface area contributed by atoms with E-state index in [1.165, 1.54) is 18.2 Å². The summed E-state index contributed by atoms with van der Waals surface area (Å²) >= 11 is 13.8. The lowest BCUT2D eigenvalue weighted by atomic mass is 10.2. The monoisotopic (exact) mass is 434 g/mol. The minimum absolute atomic E-state index is 0.0182. The van der Waals surface area contributed by atoms with Crippen molar-refractivity contribution in [2.45, 2.75) is 11.5 Å². The predicted molar refractivity (Wildman–Crippen MR) is 110 cm³/mol. The number of amides is 1. The van der Waals surface area contributed by atoms with E-state index in [0.717, 1.165) is 17.0 Å². The van der Waals surface area contributed by atoms with Gasteiger partial charge in [-0.2, -0.15) is 16.9 Å². The van der Waals surface area contributed by atoms with Crippen LogP contribution in [0, 0.1) is 10.1 Å². The molecule has 1 aliphatic rings. The van der Waals surface area contributed by atoms with E-state index < -0.39 is 10.8 Å². The number of hydrogen-bond donors (Lipinski definition) is 1. The Morgan fingerprint density at radius 2 is 1.93 bits per heavy atom. The fraction of sp³-hybridized carbons (Fsp3) is 0.111. The first kappa shape index (κ1) is 18.8. The van der Waals surface area contributed by atoms with E-state index in [1.54, 1.807) is 40.7 Å². The van der Waals surface area contributed by atoms with Gasteiger partial charge in [-0.15, -0.1) is 0 Å². The number of carbonyl (C=O) groups excluding carboxylic acids is 1. The summed E-state index contributed by atoms with van der Waals surface area (Å²) in [6.07, 6.45) is 0. The largest absolute Gasteiger partial charge is 0.306 e. The second-order valence-electron chi connectivity index (χ2n) is 6.03. The predicted octanol–water partition coefficient (Wildman–Crippen LogP) is 5.09. The van der Waals surface area contributed by atoms with Crippen LogP contribution in [0.5, 0.6) is 0 Å². The molecular weight excluding hydrogens is 423 g/mol. The Balaban J connectivity index is 1.73. The Kier molecular flexibility index (Phi) is 5.01. The zero-order valence-electron chi connectivity index (χ0n) is 14.2. The van der Waals surface area contributed by atoms with E-state index >= 15 is 0 Å². The SMILES string of the molecule is O=C(Nc1c2c(nn1-c1ccc([N+](=O)[O-])cc1)CSC2)c1cc(Cl)ccc1Cl. The third kappa shape index (κ3) is 3.46. The number of anilines is 1. The minimum atomic E-state index is -0.465. The van der Waals surface area contributed by atoms with E-state index in [-0.39, 0.29) is 16.3 Å². The third-order valence-electron chi connectivity index (χ3n) is 4.26. The number of non-ortho nitro benzene ring substituents is 1. The summed E-state index contributed by atoms with van der Waals surface area (Å²) < 4.78 is 1.59. The van der Waals surface area contributed by atoms with Crippen LogP contribution in [0.4, 0.5) is 11.5 Å². The first-order valence-electron chi connectivity index (χ1n) is 8.14. The molecule has 1 aromatic heterocycles. The molecule has 0 atom stereocenters. The Bertz CT molecular complexity index is 1100. The molecule has 0 saturated carbocycles. The van der Waals surface area contributed by atoms with Gasteiger partial charge in [-0.1, -0.05) is 23.2 Å². The van der Waals surface area contributed by atoms with Gasteiger partial charge in [-0.25, -0.2) is 4.68 Å². The van der Waals surface area contributed by atoms with Crippen LogP contribution in [0.2, 0.25) is 10.0 Å². The van der Waals surface area contributed by atoms with Crippen LogP contribution >= 0.6 is 35.0 Å². The summed E-state index contributed by atoms with van der Waals surface area (Å²) in [7, 11) is 0. The second-order valence-corrected chi connectivity index (χ2v) is 7.86. The highest BCUT2D eigenvalue weighted by atomic mass is 35.5. The summed E-state index contributed by atoms with van der Waals surface area (Å²) in [6, 6.07) is 10.7. The maximum atomic E-state index is 12.8. The molecule has 2 aromatic carbocycles. The molecule has 0 saturated heterocycles. The molecule has 0 bridgehead atoms. The van der Waals surface area contributed by atoms with Crippen LogP contribution in [-0.4, -0.2) is 20.6 Å². The van der Waals surface area contributed by atoms with Crippen LogP contribution in [0.25, 0.3) is 5.69 Å².